The van der Waals surface area contributed by atoms with Gasteiger partial charge in [-0.2, -0.15) is 0 Å². The Bertz CT molecular complexity index is 534. The third-order valence-electron chi connectivity index (χ3n) is 3.75. The molecule has 1 aromatic heterocycles. The molecule has 1 aromatic carbocycles. The maximum Gasteiger partial charge on any atom is 0.137 e. The van der Waals surface area contributed by atoms with Crippen LogP contribution in [0.2, 0.25) is 0 Å². The van der Waals surface area contributed by atoms with Crippen LogP contribution >= 0.6 is 0 Å². The molecule has 90 valence electrons. The Morgan fingerprint density at radius 3 is 3.12 bits per heavy atom. The van der Waals surface area contributed by atoms with Gasteiger partial charge in [0.25, 0.3) is 0 Å². The third kappa shape index (κ3) is 1.84. The van der Waals surface area contributed by atoms with Crippen LogP contribution in [0.1, 0.15) is 24.8 Å². The molecule has 17 heavy (non-hydrogen) atoms. The minimum absolute atomic E-state index is 0.201. The number of benzene rings is 1. The van der Waals surface area contributed by atoms with E-state index >= 15 is 0 Å². The molecule has 1 saturated heterocycles. The zero-order valence-electron chi connectivity index (χ0n) is 9.87. The van der Waals surface area contributed by atoms with E-state index in [9.17, 15) is 4.39 Å². The van der Waals surface area contributed by atoms with E-state index in [0.717, 1.165) is 30.5 Å². The van der Waals surface area contributed by atoms with Gasteiger partial charge in [0.15, 0.2) is 0 Å². The zero-order chi connectivity index (χ0) is 11.8. The topological polar surface area (TPSA) is 25.2 Å². The summed E-state index contributed by atoms with van der Waals surface area (Å²) in [6.07, 6.45) is 2.70. The van der Waals surface area contributed by atoms with Crippen LogP contribution in [0.4, 0.5) is 4.39 Å². The molecule has 2 atom stereocenters. The lowest BCUT2D eigenvalue weighted by atomic mass is 9.81. The quantitative estimate of drug-likeness (QED) is 0.817. The Morgan fingerprint density at radius 2 is 2.29 bits per heavy atom. The fourth-order valence-electron chi connectivity index (χ4n) is 2.85. The fourth-order valence-corrected chi connectivity index (χ4v) is 2.85. The van der Waals surface area contributed by atoms with E-state index in [4.69, 9.17) is 4.42 Å². The van der Waals surface area contributed by atoms with Gasteiger partial charge in [0.2, 0.25) is 0 Å². The SMILES string of the molecule is C[C@@H]1CNCC[C@@H]1c1cc(F)cc2occc12. The van der Waals surface area contributed by atoms with Gasteiger partial charge < -0.3 is 9.73 Å². The molecule has 2 nitrogen and oxygen atoms in total. The molecule has 3 rings (SSSR count). The summed E-state index contributed by atoms with van der Waals surface area (Å²) in [7, 11) is 0. The van der Waals surface area contributed by atoms with Crippen molar-refractivity contribution >= 4 is 11.0 Å². The van der Waals surface area contributed by atoms with Gasteiger partial charge in [-0.3, -0.25) is 0 Å². The molecule has 3 heteroatoms. The lowest BCUT2D eigenvalue weighted by Crippen LogP contribution is -2.33. The third-order valence-corrected chi connectivity index (χ3v) is 3.75. The summed E-state index contributed by atoms with van der Waals surface area (Å²) in [4.78, 5) is 0. The van der Waals surface area contributed by atoms with Crippen molar-refractivity contribution < 1.29 is 8.81 Å². The molecule has 1 N–H and O–H groups in total. The van der Waals surface area contributed by atoms with Gasteiger partial charge in [0.05, 0.1) is 6.26 Å². The minimum Gasteiger partial charge on any atom is -0.464 e. The first-order chi connectivity index (χ1) is 8.25. The van der Waals surface area contributed by atoms with Crippen molar-refractivity contribution in [2.24, 2.45) is 5.92 Å². The Balaban J connectivity index is 2.11. The van der Waals surface area contributed by atoms with Crippen LogP contribution in [0.15, 0.2) is 28.9 Å². The molecule has 0 radical (unpaired) electrons. The normalized spacial score (nSPS) is 25.3. The van der Waals surface area contributed by atoms with E-state index in [-0.39, 0.29) is 5.82 Å². The smallest absolute Gasteiger partial charge is 0.137 e. The van der Waals surface area contributed by atoms with Gasteiger partial charge in [-0.25, -0.2) is 4.39 Å². The first kappa shape index (κ1) is 10.8. The van der Waals surface area contributed by atoms with E-state index in [1.54, 1.807) is 12.3 Å². The van der Waals surface area contributed by atoms with Crippen molar-refractivity contribution in [3.63, 3.8) is 0 Å². The van der Waals surface area contributed by atoms with Crippen molar-refractivity contribution in [2.75, 3.05) is 13.1 Å². The number of nitrogens with one attached hydrogen (secondary N) is 1. The summed E-state index contributed by atoms with van der Waals surface area (Å²) < 4.78 is 18.9. The second-order valence-electron chi connectivity index (χ2n) is 4.90. The van der Waals surface area contributed by atoms with E-state index in [1.165, 1.54) is 6.07 Å². The summed E-state index contributed by atoms with van der Waals surface area (Å²) in [5, 5.41) is 4.43. The van der Waals surface area contributed by atoms with Crippen LogP contribution in [0.3, 0.4) is 0 Å². The first-order valence-electron chi connectivity index (χ1n) is 6.13. The Kier molecular flexibility index (Phi) is 2.63. The summed E-state index contributed by atoms with van der Waals surface area (Å²) >= 11 is 0. The van der Waals surface area contributed by atoms with Crippen LogP contribution in [0, 0.1) is 11.7 Å². The lowest BCUT2D eigenvalue weighted by Gasteiger charge is -2.30. The second kappa shape index (κ2) is 4.15. The van der Waals surface area contributed by atoms with Crippen molar-refractivity contribution in [2.45, 2.75) is 19.3 Å². The Labute approximate surface area is 99.8 Å². The van der Waals surface area contributed by atoms with Crippen LogP contribution in [0.25, 0.3) is 11.0 Å². The first-order valence-corrected chi connectivity index (χ1v) is 6.13. The molecule has 1 aliphatic rings. The van der Waals surface area contributed by atoms with Gasteiger partial charge >= 0.3 is 0 Å². The average Bonchev–Trinajstić information content (AvgIpc) is 2.76. The zero-order valence-corrected chi connectivity index (χ0v) is 9.87. The molecule has 1 aliphatic heterocycles. The van der Waals surface area contributed by atoms with Crippen molar-refractivity contribution in [1.82, 2.24) is 5.32 Å². The van der Waals surface area contributed by atoms with Crippen LogP contribution in [-0.2, 0) is 0 Å². The number of halogens is 1. The molecule has 0 spiro atoms. The van der Waals surface area contributed by atoms with Crippen molar-refractivity contribution in [3.8, 4) is 0 Å². The van der Waals surface area contributed by atoms with Crippen LogP contribution < -0.4 is 5.32 Å². The van der Waals surface area contributed by atoms with Gasteiger partial charge in [0, 0.05) is 11.5 Å². The van der Waals surface area contributed by atoms with Crippen molar-refractivity contribution in [1.29, 1.82) is 0 Å². The van der Waals surface area contributed by atoms with E-state index in [0.29, 0.717) is 17.4 Å². The maximum atomic E-state index is 13.6. The lowest BCUT2D eigenvalue weighted by molar-refractivity contribution is 0.350. The van der Waals surface area contributed by atoms with E-state index in [1.807, 2.05) is 6.07 Å². The standard InChI is InChI=1S/C14H16FNO/c1-9-8-16-4-2-11(9)13-6-10(15)7-14-12(13)3-5-17-14/h3,5-7,9,11,16H,2,4,8H2,1H3/t9-,11+/m1/s1. The molecular formula is C14H16FNO. The molecule has 0 aliphatic carbocycles. The minimum atomic E-state index is -0.201. The summed E-state index contributed by atoms with van der Waals surface area (Å²) in [5.41, 5.74) is 1.76. The highest BCUT2D eigenvalue weighted by atomic mass is 19.1. The highest BCUT2D eigenvalue weighted by Gasteiger charge is 2.25. The largest absolute Gasteiger partial charge is 0.464 e. The number of rotatable bonds is 1. The highest BCUT2D eigenvalue weighted by Crippen LogP contribution is 2.35. The highest BCUT2D eigenvalue weighted by molar-refractivity contribution is 5.81. The number of hydrogen-bond donors (Lipinski definition) is 1. The van der Waals surface area contributed by atoms with Gasteiger partial charge in [0.1, 0.15) is 11.4 Å². The molecule has 2 heterocycles. The van der Waals surface area contributed by atoms with Gasteiger partial charge in [-0.05, 0) is 49.0 Å². The summed E-state index contributed by atoms with van der Waals surface area (Å²) in [6.45, 7) is 4.22. The predicted molar refractivity (Wildman–Crippen MR) is 65.6 cm³/mol. The van der Waals surface area contributed by atoms with Crippen LogP contribution in [-0.4, -0.2) is 13.1 Å². The second-order valence-corrected chi connectivity index (χ2v) is 4.90. The van der Waals surface area contributed by atoms with E-state index < -0.39 is 0 Å². The van der Waals surface area contributed by atoms with Gasteiger partial charge in [-0.1, -0.05) is 6.92 Å². The predicted octanol–water partition coefficient (Wildman–Crippen LogP) is 3.28. The average molecular weight is 233 g/mol. The summed E-state index contributed by atoms with van der Waals surface area (Å²) in [6, 6.07) is 5.08. The molecule has 0 saturated carbocycles. The molecule has 0 unspecified atom stereocenters. The number of furan rings is 1. The van der Waals surface area contributed by atoms with Gasteiger partial charge in [-0.15, -0.1) is 0 Å². The molecule has 0 amide bonds. The monoisotopic (exact) mass is 233 g/mol. The molecule has 1 fully saturated rings. The number of piperidine rings is 1. The number of fused-ring (bicyclic) bond motifs is 1. The maximum absolute atomic E-state index is 13.6. The molecule has 2 aromatic rings. The van der Waals surface area contributed by atoms with E-state index in [2.05, 4.69) is 12.2 Å². The van der Waals surface area contributed by atoms with Crippen LogP contribution in [0.5, 0.6) is 0 Å². The van der Waals surface area contributed by atoms with Crippen molar-refractivity contribution in [3.05, 3.63) is 35.8 Å². The Morgan fingerprint density at radius 1 is 1.41 bits per heavy atom. The number of hydrogen-bond acceptors (Lipinski definition) is 2. The molecular weight excluding hydrogens is 217 g/mol. The Hall–Kier alpha value is -1.35. The fraction of sp³-hybridized carbons (Fsp3) is 0.429. The molecule has 0 bridgehead atoms. The summed E-state index contributed by atoms with van der Waals surface area (Å²) in [5.74, 6) is 0.754.